The number of aliphatic hydroxyl groups is 1. The van der Waals surface area contributed by atoms with E-state index in [9.17, 15) is 5.11 Å². The van der Waals surface area contributed by atoms with Gasteiger partial charge in [-0.25, -0.2) is 0 Å². The van der Waals surface area contributed by atoms with Crippen LogP contribution >= 0.6 is 23.2 Å². The lowest BCUT2D eigenvalue weighted by Crippen LogP contribution is -2.46. The van der Waals surface area contributed by atoms with E-state index in [0.29, 0.717) is 35.1 Å². The molecule has 1 N–H and O–H groups in total. The molecule has 0 unspecified atom stereocenters. The van der Waals surface area contributed by atoms with Gasteiger partial charge in [0.05, 0.1) is 11.7 Å². The normalized spacial score (nSPS) is 28.9. The number of halogens is 2. The number of hydrogen-bond donors (Lipinski definition) is 1. The molecule has 2 rings (SSSR count). The third kappa shape index (κ3) is 2.21. The molecule has 0 spiro atoms. The van der Waals surface area contributed by atoms with E-state index in [2.05, 4.69) is 0 Å². The van der Waals surface area contributed by atoms with Crippen LogP contribution in [0, 0.1) is 0 Å². The fourth-order valence-corrected chi connectivity index (χ4v) is 2.59. The van der Waals surface area contributed by atoms with E-state index in [-0.39, 0.29) is 6.10 Å². The zero-order valence-corrected chi connectivity index (χ0v) is 10.6. The van der Waals surface area contributed by atoms with Crippen LogP contribution in [-0.4, -0.2) is 17.8 Å². The molecule has 1 aromatic rings. The molecule has 0 aliphatic heterocycles. The predicted octanol–water partition coefficient (Wildman–Crippen LogP) is 3.38. The van der Waals surface area contributed by atoms with Crippen LogP contribution in [0.5, 0.6) is 0 Å². The summed E-state index contributed by atoms with van der Waals surface area (Å²) in [5.74, 6) is 0. The molecule has 1 saturated carbocycles. The second kappa shape index (κ2) is 4.53. The van der Waals surface area contributed by atoms with Gasteiger partial charge in [-0.3, -0.25) is 0 Å². The summed E-state index contributed by atoms with van der Waals surface area (Å²) >= 11 is 12.0. The second-order valence-corrected chi connectivity index (χ2v) is 4.98. The van der Waals surface area contributed by atoms with E-state index in [0.717, 1.165) is 0 Å². The Kier molecular flexibility index (Phi) is 3.45. The van der Waals surface area contributed by atoms with Gasteiger partial charge in [-0.05, 0) is 25.1 Å². The molecule has 2 nitrogen and oxygen atoms in total. The van der Waals surface area contributed by atoms with Crippen molar-refractivity contribution in [1.29, 1.82) is 0 Å². The molecule has 0 aromatic heterocycles. The average molecular weight is 261 g/mol. The summed E-state index contributed by atoms with van der Waals surface area (Å²) < 4.78 is 5.43. The zero-order valence-electron chi connectivity index (χ0n) is 9.04. The van der Waals surface area contributed by atoms with E-state index in [1.807, 2.05) is 6.92 Å². The van der Waals surface area contributed by atoms with Crippen molar-refractivity contribution in [2.45, 2.75) is 31.5 Å². The van der Waals surface area contributed by atoms with Crippen LogP contribution in [0.4, 0.5) is 0 Å². The van der Waals surface area contributed by atoms with Gasteiger partial charge in [-0.1, -0.05) is 23.2 Å². The van der Waals surface area contributed by atoms with Crippen molar-refractivity contribution in [3.8, 4) is 0 Å². The first-order valence-electron chi connectivity index (χ1n) is 5.34. The lowest BCUT2D eigenvalue weighted by molar-refractivity contribution is -0.142. The summed E-state index contributed by atoms with van der Waals surface area (Å²) in [6, 6.07) is 5.16. The largest absolute Gasteiger partial charge is 0.385 e. The van der Waals surface area contributed by atoms with Crippen LogP contribution in [0.3, 0.4) is 0 Å². The first-order valence-corrected chi connectivity index (χ1v) is 6.10. The molecule has 0 radical (unpaired) electrons. The summed E-state index contributed by atoms with van der Waals surface area (Å²) in [4.78, 5) is 0. The molecule has 1 fully saturated rings. The molecular weight excluding hydrogens is 247 g/mol. The van der Waals surface area contributed by atoms with Gasteiger partial charge >= 0.3 is 0 Å². The van der Waals surface area contributed by atoms with E-state index in [1.165, 1.54) is 0 Å². The fourth-order valence-electron chi connectivity index (χ4n) is 2.12. The molecule has 1 aliphatic carbocycles. The van der Waals surface area contributed by atoms with Crippen molar-refractivity contribution in [2.75, 3.05) is 6.61 Å². The molecule has 4 heteroatoms. The molecule has 0 amide bonds. The number of ether oxygens (including phenoxy) is 1. The van der Waals surface area contributed by atoms with Crippen molar-refractivity contribution >= 4 is 23.2 Å². The van der Waals surface area contributed by atoms with Gasteiger partial charge < -0.3 is 9.84 Å². The lowest BCUT2D eigenvalue weighted by atomic mass is 9.73. The smallest absolute Gasteiger partial charge is 0.0960 e. The van der Waals surface area contributed by atoms with Crippen LogP contribution in [0.25, 0.3) is 0 Å². The van der Waals surface area contributed by atoms with Gasteiger partial charge in [0.15, 0.2) is 0 Å². The van der Waals surface area contributed by atoms with Crippen molar-refractivity contribution in [3.05, 3.63) is 33.8 Å². The van der Waals surface area contributed by atoms with Gasteiger partial charge in [0, 0.05) is 35.1 Å². The monoisotopic (exact) mass is 260 g/mol. The Morgan fingerprint density at radius 1 is 1.44 bits per heavy atom. The first-order chi connectivity index (χ1) is 7.55. The summed E-state index contributed by atoms with van der Waals surface area (Å²) in [5, 5.41) is 11.5. The van der Waals surface area contributed by atoms with Crippen molar-refractivity contribution in [3.63, 3.8) is 0 Å². The van der Waals surface area contributed by atoms with Crippen molar-refractivity contribution < 1.29 is 9.84 Å². The maximum absolute atomic E-state index is 10.4. The topological polar surface area (TPSA) is 29.5 Å². The second-order valence-electron chi connectivity index (χ2n) is 4.14. The SMILES string of the molecule is CCOC1CC(O)(c2cc(Cl)ccc2Cl)C1. The molecule has 0 saturated heterocycles. The summed E-state index contributed by atoms with van der Waals surface area (Å²) in [6.07, 6.45) is 1.30. The van der Waals surface area contributed by atoms with Gasteiger partial charge in [0.25, 0.3) is 0 Å². The Bertz CT molecular complexity index is 387. The van der Waals surface area contributed by atoms with Crippen molar-refractivity contribution in [2.24, 2.45) is 0 Å². The minimum absolute atomic E-state index is 0.130. The summed E-state index contributed by atoms with van der Waals surface area (Å²) in [7, 11) is 0. The molecule has 0 atom stereocenters. The van der Waals surface area contributed by atoms with Gasteiger partial charge in [0.1, 0.15) is 0 Å². The molecular formula is C12H14Cl2O2. The van der Waals surface area contributed by atoms with Crippen LogP contribution in [0.2, 0.25) is 10.0 Å². The Hall–Kier alpha value is -0.280. The molecule has 1 aliphatic rings. The lowest BCUT2D eigenvalue weighted by Gasteiger charge is -2.43. The Labute approximate surface area is 105 Å². The van der Waals surface area contributed by atoms with E-state index in [1.54, 1.807) is 18.2 Å². The van der Waals surface area contributed by atoms with Gasteiger partial charge in [-0.15, -0.1) is 0 Å². The van der Waals surface area contributed by atoms with Crippen LogP contribution < -0.4 is 0 Å². The number of benzene rings is 1. The van der Waals surface area contributed by atoms with Crippen molar-refractivity contribution in [1.82, 2.24) is 0 Å². The predicted molar refractivity (Wildman–Crippen MR) is 65.0 cm³/mol. The van der Waals surface area contributed by atoms with Crippen LogP contribution in [0.15, 0.2) is 18.2 Å². The Balaban J connectivity index is 2.16. The average Bonchev–Trinajstić information content (AvgIpc) is 2.19. The van der Waals surface area contributed by atoms with E-state index < -0.39 is 5.60 Å². The molecule has 0 bridgehead atoms. The van der Waals surface area contributed by atoms with E-state index in [4.69, 9.17) is 27.9 Å². The van der Waals surface area contributed by atoms with Gasteiger partial charge in [0.2, 0.25) is 0 Å². The number of hydrogen-bond acceptors (Lipinski definition) is 2. The highest BCUT2D eigenvalue weighted by Gasteiger charge is 2.45. The maximum atomic E-state index is 10.4. The highest BCUT2D eigenvalue weighted by atomic mass is 35.5. The van der Waals surface area contributed by atoms with Gasteiger partial charge in [-0.2, -0.15) is 0 Å². The minimum Gasteiger partial charge on any atom is -0.385 e. The molecule has 1 aromatic carbocycles. The molecule has 0 heterocycles. The quantitative estimate of drug-likeness (QED) is 0.903. The summed E-state index contributed by atoms with van der Waals surface area (Å²) in [6.45, 7) is 2.62. The Morgan fingerprint density at radius 2 is 2.12 bits per heavy atom. The zero-order chi connectivity index (χ0) is 11.8. The first kappa shape index (κ1) is 12.2. The fraction of sp³-hybridized carbons (Fsp3) is 0.500. The third-order valence-corrected chi connectivity index (χ3v) is 3.53. The summed E-state index contributed by atoms with van der Waals surface area (Å²) in [5.41, 5.74) is -0.167. The standard InChI is InChI=1S/C12H14Cl2O2/c1-2-16-9-6-12(15,7-9)10-5-8(13)3-4-11(10)14/h3-5,9,15H,2,6-7H2,1H3. The maximum Gasteiger partial charge on any atom is 0.0960 e. The Morgan fingerprint density at radius 3 is 2.75 bits per heavy atom. The highest BCUT2D eigenvalue weighted by molar-refractivity contribution is 6.33. The molecule has 16 heavy (non-hydrogen) atoms. The number of rotatable bonds is 3. The molecule has 88 valence electrons. The highest BCUT2D eigenvalue weighted by Crippen LogP contribution is 2.45. The van der Waals surface area contributed by atoms with Crippen LogP contribution in [-0.2, 0) is 10.3 Å². The van der Waals surface area contributed by atoms with E-state index >= 15 is 0 Å². The van der Waals surface area contributed by atoms with Crippen LogP contribution in [0.1, 0.15) is 25.3 Å². The minimum atomic E-state index is -0.873. The third-order valence-electron chi connectivity index (χ3n) is 2.96.